The van der Waals surface area contributed by atoms with E-state index in [1.54, 1.807) is 0 Å². The van der Waals surface area contributed by atoms with Crippen molar-refractivity contribution in [1.82, 2.24) is 9.97 Å². The minimum absolute atomic E-state index is 0.748. The molecule has 3 rings (SSSR count). The molecule has 1 N–H and O–H groups in total. The highest BCUT2D eigenvalue weighted by Crippen LogP contribution is 2.32. The van der Waals surface area contributed by atoms with Crippen LogP contribution in [0.25, 0.3) is 11.0 Å². The monoisotopic (exact) mass is 308 g/mol. The number of halogens is 1. The van der Waals surface area contributed by atoms with Gasteiger partial charge in [0.05, 0.1) is 22.1 Å². The lowest BCUT2D eigenvalue weighted by Crippen LogP contribution is -2.19. The van der Waals surface area contributed by atoms with Crippen LogP contribution in [0.15, 0.2) is 16.6 Å². The molecule has 1 aromatic carbocycles. The summed E-state index contributed by atoms with van der Waals surface area (Å²) in [5.74, 6) is 2.68. The van der Waals surface area contributed by atoms with E-state index in [4.69, 9.17) is 4.74 Å². The molecule has 3 nitrogen and oxygen atoms in total. The normalized spacial score (nSPS) is 15.9. The number of aryl methyl sites for hydroxylation is 1. The van der Waals surface area contributed by atoms with Crippen molar-refractivity contribution in [3.63, 3.8) is 0 Å². The van der Waals surface area contributed by atoms with E-state index in [0.717, 1.165) is 46.0 Å². The van der Waals surface area contributed by atoms with Gasteiger partial charge in [-0.3, -0.25) is 0 Å². The topological polar surface area (TPSA) is 37.9 Å². The summed E-state index contributed by atoms with van der Waals surface area (Å²) >= 11 is 3.57. The Hall–Kier alpha value is -1.03. The minimum atomic E-state index is 0.748. The highest BCUT2D eigenvalue weighted by Gasteiger charge is 2.18. The molecule has 1 aliphatic carbocycles. The molecule has 0 atom stereocenters. The number of fused-ring (bicyclic) bond motifs is 1. The van der Waals surface area contributed by atoms with E-state index in [0.29, 0.717) is 0 Å². The molecular weight excluding hydrogens is 292 g/mol. The number of hydrogen-bond acceptors (Lipinski definition) is 2. The standard InChI is InChI=1S/C14H17BrN2O/c1-2-14-16-11-6-10(15)13(7-12(11)17-14)18-8-9-4-3-5-9/h6-7,9H,2-5,8H2,1H3,(H,16,17). The van der Waals surface area contributed by atoms with Crippen molar-refractivity contribution in [2.45, 2.75) is 32.6 Å². The van der Waals surface area contributed by atoms with Gasteiger partial charge in [0, 0.05) is 12.5 Å². The molecule has 0 radical (unpaired) electrons. The van der Waals surface area contributed by atoms with Gasteiger partial charge in [-0.1, -0.05) is 13.3 Å². The van der Waals surface area contributed by atoms with Gasteiger partial charge in [0.1, 0.15) is 11.6 Å². The lowest BCUT2D eigenvalue weighted by molar-refractivity contribution is 0.180. The van der Waals surface area contributed by atoms with Crippen molar-refractivity contribution in [2.75, 3.05) is 6.61 Å². The van der Waals surface area contributed by atoms with Crippen molar-refractivity contribution in [2.24, 2.45) is 5.92 Å². The Balaban J connectivity index is 1.83. The van der Waals surface area contributed by atoms with Gasteiger partial charge < -0.3 is 9.72 Å². The molecule has 0 spiro atoms. The Kier molecular flexibility index (Phi) is 3.29. The Morgan fingerprint density at radius 2 is 2.28 bits per heavy atom. The average Bonchev–Trinajstić information content (AvgIpc) is 2.69. The third-order valence-corrected chi connectivity index (χ3v) is 4.24. The maximum atomic E-state index is 5.89. The molecule has 0 unspecified atom stereocenters. The number of hydrogen-bond donors (Lipinski definition) is 1. The first-order chi connectivity index (χ1) is 8.76. The first-order valence-electron chi connectivity index (χ1n) is 6.57. The van der Waals surface area contributed by atoms with E-state index in [1.165, 1.54) is 19.3 Å². The molecule has 1 aromatic heterocycles. The molecule has 0 saturated heterocycles. The van der Waals surface area contributed by atoms with Gasteiger partial charge in [-0.05, 0) is 40.8 Å². The van der Waals surface area contributed by atoms with Crippen molar-refractivity contribution < 1.29 is 4.74 Å². The molecule has 18 heavy (non-hydrogen) atoms. The molecule has 1 fully saturated rings. The molecule has 1 aliphatic rings. The molecule has 2 aromatic rings. The smallest absolute Gasteiger partial charge is 0.135 e. The third-order valence-electron chi connectivity index (χ3n) is 3.62. The van der Waals surface area contributed by atoms with Crippen LogP contribution in [0.1, 0.15) is 32.0 Å². The van der Waals surface area contributed by atoms with E-state index in [-0.39, 0.29) is 0 Å². The van der Waals surface area contributed by atoms with Crippen LogP contribution in [-0.2, 0) is 6.42 Å². The van der Waals surface area contributed by atoms with Crippen molar-refractivity contribution in [3.8, 4) is 5.75 Å². The molecular formula is C14H17BrN2O. The second-order valence-electron chi connectivity index (χ2n) is 4.94. The first-order valence-corrected chi connectivity index (χ1v) is 7.36. The SMILES string of the molecule is CCc1nc2cc(OCC3CCC3)c(Br)cc2[nH]1. The zero-order valence-electron chi connectivity index (χ0n) is 10.5. The first kappa shape index (κ1) is 12.0. The summed E-state index contributed by atoms with van der Waals surface area (Å²) in [5.41, 5.74) is 2.05. The fraction of sp³-hybridized carbons (Fsp3) is 0.500. The molecule has 1 saturated carbocycles. The molecule has 96 valence electrons. The largest absolute Gasteiger partial charge is 0.492 e. The van der Waals surface area contributed by atoms with Gasteiger partial charge in [0.2, 0.25) is 0 Å². The summed E-state index contributed by atoms with van der Waals surface area (Å²) in [6.07, 6.45) is 4.89. The number of H-pyrrole nitrogens is 1. The summed E-state index contributed by atoms with van der Waals surface area (Å²) in [7, 11) is 0. The number of aromatic nitrogens is 2. The van der Waals surface area contributed by atoms with Crippen LogP contribution in [0.4, 0.5) is 0 Å². The second-order valence-corrected chi connectivity index (χ2v) is 5.80. The zero-order chi connectivity index (χ0) is 12.5. The van der Waals surface area contributed by atoms with Crippen LogP contribution < -0.4 is 4.74 Å². The lowest BCUT2D eigenvalue weighted by atomic mass is 9.86. The van der Waals surface area contributed by atoms with E-state index in [1.807, 2.05) is 6.07 Å². The number of benzene rings is 1. The van der Waals surface area contributed by atoms with Crippen molar-refractivity contribution in [1.29, 1.82) is 0 Å². The fourth-order valence-corrected chi connectivity index (χ4v) is 2.67. The lowest BCUT2D eigenvalue weighted by Gasteiger charge is -2.25. The molecule has 0 bridgehead atoms. The molecule has 0 amide bonds. The fourth-order valence-electron chi connectivity index (χ4n) is 2.21. The van der Waals surface area contributed by atoms with Gasteiger partial charge in [-0.15, -0.1) is 0 Å². The Morgan fingerprint density at radius 3 is 2.94 bits per heavy atom. The van der Waals surface area contributed by atoms with Crippen LogP contribution >= 0.6 is 15.9 Å². The predicted octanol–water partition coefficient (Wildman–Crippen LogP) is 4.07. The summed E-state index contributed by atoms with van der Waals surface area (Å²) in [6, 6.07) is 4.07. The van der Waals surface area contributed by atoms with E-state index >= 15 is 0 Å². The van der Waals surface area contributed by atoms with Crippen LogP contribution in [0, 0.1) is 5.92 Å². The Labute approximate surface area is 115 Å². The predicted molar refractivity (Wildman–Crippen MR) is 76.0 cm³/mol. The summed E-state index contributed by atoms with van der Waals surface area (Å²) in [6.45, 7) is 2.93. The summed E-state index contributed by atoms with van der Waals surface area (Å²) in [5, 5.41) is 0. The third kappa shape index (κ3) is 2.26. The van der Waals surface area contributed by atoms with Gasteiger partial charge in [0.25, 0.3) is 0 Å². The number of imidazole rings is 1. The Bertz CT molecular complexity index is 560. The van der Waals surface area contributed by atoms with Gasteiger partial charge in [0.15, 0.2) is 0 Å². The van der Waals surface area contributed by atoms with E-state index in [2.05, 4.69) is 38.9 Å². The summed E-state index contributed by atoms with van der Waals surface area (Å²) < 4.78 is 6.89. The maximum absolute atomic E-state index is 5.89. The van der Waals surface area contributed by atoms with Crippen molar-refractivity contribution >= 4 is 27.0 Å². The van der Waals surface area contributed by atoms with E-state index in [9.17, 15) is 0 Å². The van der Waals surface area contributed by atoms with Crippen LogP contribution in [0.3, 0.4) is 0 Å². The summed E-state index contributed by atoms with van der Waals surface area (Å²) in [4.78, 5) is 7.84. The second kappa shape index (κ2) is 4.92. The number of rotatable bonds is 4. The van der Waals surface area contributed by atoms with Crippen molar-refractivity contribution in [3.05, 3.63) is 22.4 Å². The number of nitrogens with zero attached hydrogens (tertiary/aromatic N) is 1. The van der Waals surface area contributed by atoms with Crippen LogP contribution in [0.5, 0.6) is 5.75 Å². The van der Waals surface area contributed by atoms with Crippen LogP contribution in [-0.4, -0.2) is 16.6 Å². The number of ether oxygens (including phenoxy) is 1. The number of nitrogens with one attached hydrogen (secondary N) is 1. The van der Waals surface area contributed by atoms with Gasteiger partial charge in [-0.25, -0.2) is 4.98 Å². The molecule has 4 heteroatoms. The maximum Gasteiger partial charge on any atom is 0.135 e. The zero-order valence-corrected chi connectivity index (χ0v) is 12.1. The van der Waals surface area contributed by atoms with Gasteiger partial charge in [-0.2, -0.15) is 0 Å². The van der Waals surface area contributed by atoms with Crippen LogP contribution in [0.2, 0.25) is 0 Å². The highest BCUT2D eigenvalue weighted by atomic mass is 79.9. The minimum Gasteiger partial charge on any atom is -0.492 e. The van der Waals surface area contributed by atoms with Gasteiger partial charge >= 0.3 is 0 Å². The molecule has 0 aliphatic heterocycles. The quantitative estimate of drug-likeness (QED) is 0.924. The molecule has 1 heterocycles. The number of aromatic amines is 1. The average molecular weight is 309 g/mol. The Morgan fingerprint density at radius 1 is 1.44 bits per heavy atom. The highest BCUT2D eigenvalue weighted by molar-refractivity contribution is 9.10. The van der Waals surface area contributed by atoms with E-state index < -0.39 is 0 Å².